The predicted molar refractivity (Wildman–Crippen MR) is 131 cm³/mol. The lowest BCUT2D eigenvalue weighted by atomic mass is 9.97. The van der Waals surface area contributed by atoms with Crippen molar-refractivity contribution in [3.8, 4) is 23.5 Å². The van der Waals surface area contributed by atoms with Gasteiger partial charge in [-0.1, -0.05) is 24.0 Å². The maximum atomic E-state index is 6.28. The van der Waals surface area contributed by atoms with Gasteiger partial charge in [0.15, 0.2) is 5.65 Å². The van der Waals surface area contributed by atoms with Crippen molar-refractivity contribution < 1.29 is 9.47 Å². The Labute approximate surface area is 199 Å². The fourth-order valence-electron chi connectivity index (χ4n) is 4.04. The third-order valence-electron chi connectivity index (χ3n) is 5.75. The van der Waals surface area contributed by atoms with Gasteiger partial charge in [0.1, 0.15) is 17.4 Å². The second-order valence-corrected chi connectivity index (χ2v) is 9.13. The van der Waals surface area contributed by atoms with Crippen LogP contribution in [0.25, 0.3) is 11.2 Å². The number of ether oxygens (including phenoxy) is 2. The minimum Gasteiger partial charge on any atom is -0.485 e. The van der Waals surface area contributed by atoms with Crippen molar-refractivity contribution in [2.24, 2.45) is 5.73 Å². The van der Waals surface area contributed by atoms with Gasteiger partial charge in [0.25, 0.3) is 0 Å². The molecule has 1 unspecified atom stereocenters. The number of hydrogen-bond donors (Lipinski definition) is 1. The van der Waals surface area contributed by atoms with Crippen LogP contribution in [-0.2, 0) is 13.0 Å². The largest absolute Gasteiger partial charge is 0.485 e. The zero-order chi connectivity index (χ0) is 23.7. The van der Waals surface area contributed by atoms with E-state index < -0.39 is 5.54 Å². The molecule has 7 heteroatoms. The summed E-state index contributed by atoms with van der Waals surface area (Å²) in [5.41, 5.74) is 11.3. The number of nitrogens with two attached hydrogens (primary N) is 1. The van der Waals surface area contributed by atoms with Crippen LogP contribution in [0, 0.1) is 11.8 Å². The van der Waals surface area contributed by atoms with E-state index in [0.717, 1.165) is 40.9 Å². The second kappa shape index (κ2) is 8.81. The molecule has 1 atom stereocenters. The van der Waals surface area contributed by atoms with E-state index in [0.29, 0.717) is 12.4 Å². The minimum absolute atomic E-state index is 0.000638. The second-order valence-electron chi connectivity index (χ2n) is 9.13. The first-order chi connectivity index (χ1) is 16.4. The summed E-state index contributed by atoms with van der Waals surface area (Å²) in [6, 6.07) is 12.2. The van der Waals surface area contributed by atoms with Gasteiger partial charge in [-0.15, -0.1) is 0 Å². The Hall–Kier alpha value is -3.89. The molecule has 0 radical (unpaired) electrons. The van der Waals surface area contributed by atoms with Crippen molar-refractivity contribution in [2.45, 2.75) is 44.9 Å². The van der Waals surface area contributed by atoms with Crippen LogP contribution < -0.4 is 15.2 Å². The predicted octanol–water partition coefficient (Wildman–Crippen LogP) is 4.04. The molecule has 4 heterocycles. The van der Waals surface area contributed by atoms with Gasteiger partial charge in [-0.2, -0.15) is 0 Å². The van der Waals surface area contributed by atoms with E-state index in [1.165, 1.54) is 11.1 Å². The van der Waals surface area contributed by atoms with E-state index >= 15 is 0 Å². The van der Waals surface area contributed by atoms with E-state index in [-0.39, 0.29) is 6.10 Å². The molecule has 1 aliphatic rings. The summed E-state index contributed by atoms with van der Waals surface area (Å²) < 4.78 is 13.5. The van der Waals surface area contributed by atoms with Crippen LogP contribution in [-0.4, -0.2) is 32.2 Å². The first kappa shape index (κ1) is 21.9. The molecule has 4 aromatic rings. The first-order valence-electron chi connectivity index (χ1n) is 11.3. The Kier molecular flexibility index (Phi) is 5.68. The highest BCUT2D eigenvalue weighted by molar-refractivity contribution is 5.72. The highest BCUT2D eigenvalue weighted by atomic mass is 16.5. The van der Waals surface area contributed by atoms with Crippen LogP contribution in [0.5, 0.6) is 11.6 Å². The van der Waals surface area contributed by atoms with Gasteiger partial charge in [-0.05, 0) is 56.0 Å². The lowest BCUT2D eigenvalue weighted by molar-refractivity contribution is 0.176. The Morgan fingerprint density at radius 3 is 2.79 bits per heavy atom. The van der Waals surface area contributed by atoms with E-state index in [2.05, 4.69) is 49.6 Å². The van der Waals surface area contributed by atoms with E-state index in [1.54, 1.807) is 13.3 Å². The molecule has 0 bridgehead atoms. The maximum absolute atomic E-state index is 6.28. The lowest BCUT2D eigenvalue weighted by Gasteiger charge is -2.26. The molecule has 7 nitrogen and oxygen atoms in total. The number of imidazole rings is 1. The topological polar surface area (TPSA) is 88.1 Å². The van der Waals surface area contributed by atoms with E-state index in [4.69, 9.17) is 15.2 Å². The molecule has 1 aliphatic heterocycles. The van der Waals surface area contributed by atoms with Gasteiger partial charge in [0.2, 0.25) is 5.88 Å². The molecule has 34 heavy (non-hydrogen) atoms. The Balaban J connectivity index is 1.32. The molecule has 0 saturated carbocycles. The fourth-order valence-corrected chi connectivity index (χ4v) is 4.04. The molecular weight excluding hydrogens is 426 g/mol. The molecular formula is C27H27N5O2. The lowest BCUT2D eigenvalue weighted by Crippen LogP contribution is -2.29. The van der Waals surface area contributed by atoms with E-state index in [1.807, 2.05) is 44.6 Å². The van der Waals surface area contributed by atoms with E-state index in [9.17, 15) is 0 Å². The number of benzene rings is 1. The Bertz CT molecular complexity index is 1390. The molecule has 3 aromatic heterocycles. The highest BCUT2D eigenvalue weighted by Gasteiger charge is 2.22. The molecule has 0 fully saturated rings. The van der Waals surface area contributed by atoms with Crippen molar-refractivity contribution >= 4 is 11.2 Å². The number of methoxy groups -OCH3 is 1. The molecule has 2 N–H and O–H groups in total. The number of nitrogens with zero attached hydrogens (tertiary/aromatic N) is 4. The highest BCUT2D eigenvalue weighted by Crippen LogP contribution is 2.35. The molecule has 1 aromatic carbocycles. The summed E-state index contributed by atoms with van der Waals surface area (Å²) in [6.45, 7) is 4.44. The monoisotopic (exact) mass is 453 g/mol. The summed E-state index contributed by atoms with van der Waals surface area (Å²) in [5.74, 6) is 7.64. The number of pyridine rings is 2. The average molecular weight is 454 g/mol. The summed E-state index contributed by atoms with van der Waals surface area (Å²) >= 11 is 0. The van der Waals surface area contributed by atoms with Crippen molar-refractivity contribution in [3.05, 3.63) is 77.4 Å². The van der Waals surface area contributed by atoms with Crippen LogP contribution in [0.2, 0.25) is 0 Å². The zero-order valence-corrected chi connectivity index (χ0v) is 19.6. The number of aromatic nitrogens is 4. The molecule has 0 saturated heterocycles. The molecule has 0 spiro atoms. The number of aryl methyl sites for hydroxylation is 1. The van der Waals surface area contributed by atoms with Gasteiger partial charge < -0.3 is 19.8 Å². The maximum Gasteiger partial charge on any atom is 0.212 e. The smallest absolute Gasteiger partial charge is 0.212 e. The van der Waals surface area contributed by atoms with Crippen LogP contribution in [0.1, 0.15) is 48.6 Å². The Morgan fingerprint density at radius 1 is 1.15 bits per heavy atom. The standard InChI is InChI=1S/C27H27N5O2/c1-27(2,28)11-10-18-13-22-26(30-14-18)32(17-31-22)16-19-4-7-23-20(12-19)5-8-24(34-23)21-6-9-25(33-3)29-15-21/h4,6-7,9,12-15,17,24H,5,8,16,28H2,1-3H3. The molecule has 172 valence electrons. The number of rotatable bonds is 4. The molecule has 0 amide bonds. The van der Waals surface area contributed by atoms with Crippen molar-refractivity contribution in [1.82, 2.24) is 19.5 Å². The third kappa shape index (κ3) is 4.73. The summed E-state index contributed by atoms with van der Waals surface area (Å²) in [4.78, 5) is 13.4. The molecule has 0 aliphatic carbocycles. The van der Waals surface area contributed by atoms with Gasteiger partial charge in [0.05, 0.1) is 25.5 Å². The SMILES string of the molecule is COc1ccc(C2CCc3cc(Cn4cnc5cc(C#CC(C)(C)N)cnc54)ccc3O2)cn1. The first-order valence-corrected chi connectivity index (χ1v) is 11.3. The zero-order valence-electron chi connectivity index (χ0n) is 19.6. The number of hydrogen-bond acceptors (Lipinski definition) is 6. The number of fused-ring (bicyclic) bond motifs is 2. The quantitative estimate of drug-likeness (QED) is 0.469. The van der Waals surface area contributed by atoms with Crippen LogP contribution in [0.4, 0.5) is 0 Å². The van der Waals surface area contributed by atoms with Crippen molar-refractivity contribution in [2.75, 3.05) is 7.11 Å². The Morgan fingerprint density at radius 2 is 2.03 bits per heavy atom. The molecule has 5 rings (SSSR count). The van der Waals surface area contributed by atoms with Crippen LogP contribution >= 0.6 is 0 Å². The van der Waals surface area contributed by atoms with Crippen LogP contribution in [0.3, 0.4) is 0 Å². The summed E-state index contributed by atoms with van der Waals surface area (Å²) in [6.07, 6.45) is 7.28. The van der Waals surface area contributed by atoms with Gasteiger partial charge in [-0.25, -0.2) is 15.0 Å². The van der Waals surface area contributed by atoms with Gasteiger partial charge in [-0.3, -0.25) is 0 Å². The normalized spacial score (nSPS) is 15.2. The third-order valence-corrected chi connectivity index (χ3v) is 5.75. The van der Waals surface area contributed by atoms with Gasteiger partial charge in [0, 0.05) is 29.6 Å². The summed E-state index contributed by atoms with van der Waals surface area (Å²) in [5, 5.41) is 0. The summed E-state index contributed by atoms with van der Waals surface area (Å²) in [7, 11) is 1.62. The minimum atomic E-state index is -0.546. The fraction of sp³-hybridized carbons (Fsp3) is 0.296. The average Bonchev–Trinajstić information content (AvgIpc) is 3.24. The van der Waals surface area contributed by atoms with Crippen molar-refractivity contribution in [3.63, 3.8) is 0 Å². The van der Waals surface area contributed by atoms with Crippen molar-refractivity contribution in [1.29, 1.82) is 0 Å². The van der Waals surface area contributed by atoms with Crippen LogP contribution in [0.15, 0.2) is 55.1 Å². The van der Waals surface area contributed by atoms with Gasteiger partial charge >= 0.3 is 0 Å².